The van der Waals surface area contributed by atoms with E-state index < -0.39 is 11.9 Å². The molecule has 1 heterocycles. The van der Waals surface area contributed by atoms with Crippen molar-refractivity contribution in [3.63, 3.8) is 0 Å². The van der Waals surface area contributed by atoms with Crippen LogP contribution in [0.25, 0.3) is 0 Å². The number of aromatic hydroxyl groups is 1. The third-order valence-corrected chi connectivity index (χ3v) is 4.25. The molecule has 0 aliphatic heterocycles. The highest BCUT2D eigenvalue weighted by Gasteiger charge is 2.16. The molecule has 0 spiro atoms. The SMILES string of the molecule is Cc1ccc(Oc2cnc(C(=O)NCC(=O)OCc3ccccc3)c(O)c2)c(C)c1. The molecule has 0 radical (unpaired) electrons. The fraction of sp³-hybridized carbons (Fsp3) is 0.174. The van der Waals surface area contributed by atoms with Crippen LogP contribution in [0.3, 0.4) is 0 Å². The molecule has 2 N–H and O–H groups in total. The summed E-state index contributed by atoms with van der Waals surface area (Å²) in [5, 5.41) is 12.5. The highest BCUT2D eigenvalue weighted by atomic mass is 16.5. The van der Waals surface area contributed by atoms with Gasteiger partial charge < -0.3 is 19.9 Å². The summed E-state index contributed by atoms with van der Waals surface area (Å²) in [5.41, 5.74) is 2.68. The van der Waals surface area contributed by atoms with Gasteiger partial charge in [0.1, 0.15) is 24.7 Å². The van der Waals surface area contributed by atoms with E-state index in [1.54, 1.807) is 0 Å². The number of hydrogen-bond donors (Lipinski definition) is 2. The summed E-state index contributed by atoms with van der Waals surface area (Å²) < 4.78 is 10.8. The molecule has 0 aliphatic rings. The lowest BCUT2D eigenvalue weighted by Gasteiger charge is -2.11. The van der Waals surface area contributed by atoms with Gasteiger partial charge in [0.2, 0.25) is 0 Å². The summed E-state index contributed by atoms with van der Waals surface area (Å²) in [6, 6.07) is 16.2. The van der Waals surface area contributed by atoms with E-state index in [1.807, 2.05) is 62.4 Å². The van der Waals surface area contributed by atoms with Crippen molar-refractivity contribution >= 4 is 11.9 Å². The molecule has 2 aromatic carbocycles. The topological polar surface area (TPSA) is 97.8 Å². The van der Waals surface area contributed by atoms with Crippen LogP contribution in [0, 0.1) is 13.8 Å². The van der Waals surface area contributed by atoms with E-state index in [1.165, 1.54) is 12.3 Å². The van der Waals surface area contributed by atoms with E-state index in [9.17, 15) is 14.7 Å². The van der Waals surface area contributed by atoms with Crippen LogP contribution < -0.4 is 10.1 Å². The Morgan fingerprint density at radius 2 is 1.83 bits per heavy atom. The van der Waals surface area contributed by atoms with Crippen LogP contribution in [0.4, 0.5) is 0 Å². The van der Waals surface area contributed by atoms with Gasteiger partial charge >= 0.3 is 5.97 Å². The molecule has 7 heteroatoms. The predicted molar refractivity (Wildman–Crippen MR) is 110 cm³/mol. The monoisotopic (exact) mass is 406 g/mol. The number of benzene rings is 2. The van der Waals surface area contributed by atoms with Gasteiger partial charge in [-0.25, -0.2) is 4.98 Å². The van der Waals surface area contributed by atoms with Crippen LogP contribution in [-0.4, -0.2) is 28.5 Å². The van der Waals surface area contributed by atoms with Crippen molar-refractivity contribution in [2.24, 2.45) is 0 Å². The van der Waals surface area contributed by atoms with Crippen molar-refractivity contribution in [2.75, 3.05) is 6.54 Å². The number of aryl methyl sites for hydroxylation is 2. The lowest BCUT2D eigenvalue weighted by Crippen LogP contribution is -2.31. The first-order valence-corrected chi connectivity index (χ1v) is 9.34. The van der Waals surface area contributed by atoms with Gasteiger partial charge in [0.25, 0.3) is 5.91 Å². The molecule has 0 atom stereocenters. The van der Waals surface area contributed by atoms with E-state index in [0.717, 1.165) is 16.7 Å². The van der Waals surface area contributed by atoms with Crippen molar-refractivity contribution in [1.29, 1.82) is 0 Å². The Kier molecular flexibility index (Phi) is 6.64. The zero-order chi connectivity index (χ0) is 21.5. The Labute approximate surface area is 174 Å². The molecular formula is C23H22N2O5. The number of nitrogens with one attached hydrogen (secondary N) is 1. The van der Waals surface area contributed by atoms with Gasteiger partial charge in [-0.1, -0.05) is 48.0 Å². The van der Waals surface area contributed by atoms with E-state index in [-0.39, 0.29) is 24.6 Å². The van der Waals surface area contributed by atoms with Crippen molar-refractivity contribution in [3.8, 4) is 17.2 Å². The number of nitrogens with zero attached hydrogens (tertiary/aromatic N) is 1. The highest BCUT2D eigenvalue weighted by molar-refractivity contribution is 5.96. The third-order valence-electron chi connectivity index (χ3n) is 4.25. The average Bonchev–Trinajstić information content (AvgIpc) is 2.73. The van der Waals surface area contributed by atoms with Gasteiger partial charge in [-0.3, -0.25) is 9.59 Å². The van der Waals surface area contributed by atoms with Crippen molar-refractivity contribution in [2.45, 2.75) is 20.5 Å². The second kappa shape index (κ2) is 9.56. The normalized spacial score (nSPS) is 10.3. The second-order valence-corrected chi connectivity index (χ2v) is 6.74. The maximum Gasteiger partial charge on any atom is 0.325 e. The van der Waals surface area contributed by atoms with Gasteiger partial charge in [-0.2, -0.15) is 0 Å². The minimum absolute atomic E-state index is 0.115. The zero-order valence-corrected chi connectivity index (χ0v) is 16.7. The molecule has 154 valence electrons. The van der Waals surface area contributed by atoms with Crippen LogP contribution in [0.1, 0.15) is 27.2 Å². The highest BCUT2D eigenvalue weighted by Crippen LogP contribution is 2.28. The Morgan fingerprint density at radius 3 is 2.53 bits per heavy atom. The Bertz CT molecular complexity index is 1050. The maximum absolute atomic E-state index is 12.2. The van der Waals surface area contributed by atoms with Crippen LogP contribution in [0.5, 0.6) is 17.2 Å². The smallest absolute Gasteiger partial charge is 0.325 e. The number of aromatic nitrogens is 1. The predicted octanol–water partition coefficient (Wildman–Crippen LogP) is 3.67. The average molecular weight is 406 g/mol. The fourth-order valence-corrected chi connectivity index (χ4v) is 2.73. The number of pyridine rings is 1. The van der Waals surface area contributed by atoms with E-state index in [2.05, 4.69) is 10.3 Å². The molecule has 7 nitrogen and oxygen atoms in total. The lowest BCUT2D eigenvalue weighted by molar-refractivity contribution is -0.143. The number of amides is 1. The summed E-state index contributed by atoms with van der Waals surface area (Å²) in [5.74, 6) is -0.727. The minimum atomic E-state index is -0.692. The number of hydrogen-bond acceptors (Lipinski definition) is 6. The van der Waals surface area contributed by atoms with E-state index in [0.29, 0.717) is 11.5 Å². The van der Waals surface area contributed by atoms with Crippen molar-refractivity contribution in [3.05, 3.63) is 83.2 Å². The number of esters is 1. The molecule has 0 unspecified atom stereocenters. The molecule has 3 rings (SSSR count). The first-order valence-electron chi connectivity index (χ1n) is 9.34. The van der Waals surface area contributed by atoms with E-state index >= 15 is 0 Å². The summed E-state index contributed by atoms with van der Waals surface area (Å²) in [7, 11) is 0. The Morgan fingerprint density at radius 1 is 1.07 bits per heavy atom. The zero-order valence-electron chi connectivity index (χ0n) is 16.7. The molecule has 0 aliphatic carbocycles. The van der Waals surface area contributed by atoms with Gasteiger partial charge in [-0.05, 0) is 31.0 Å². The van der Waals surface area contributed by atoms with Crippen LogP contribution in [-0.2, 0) is 16.1 Å². The number of ether oxygens (including phenoxy) is 2. The molecule has 0 bridgehead atoms. The largest absolute Gasteiger partial charge is 0.505 e. The quantitative estimate of drug-likeness (QED) is 0.581. The molecule has 30 heavy (non-hydrogen) atoms. The Balaban J connectivity index is 1.55. The molecule has 0 fully saturated rings. The van der Waals surface area contributed by atoms with Gasteiger partial charge in [0, 0.05) is 6.07 Å². The standard InChI is InChI=1S/C23H22N2O5/c1-15-8-9-20(16(2)10-15)30-18-11-19(26)22(24-12-18)23(28)25-13-21(27)29-14-17-6-4-3-5-7-17/h3-12,26H,13-14H2,1-2H3,(H,25,28). The minimum Gasteiger partial charge on any atom is -0.505 e. The first-order chi connectivity index (χ1) is 14.4. The van der Waals surface area contributed by atoms with Gasteiger partial charge in [-0.15, -0.1) is 0 Å². The molecule has 1 amide bonds. The number of carbonyl (C=O) groups is 2. The summed E-state index contributed by atoms with van der Waals surface area (Å²) in [6.07, 6.45) is 1.33. The van der Waals surface area contributed by atoms with Crippen LogP contribution in [0.15, 0.2) is 60.8 Å². The van der Waals surface area contributed by atoms with Gasteiger partial charge in [0.15, 0.2) is 11.4 Å². The first kappa shape index (κ1) is 20.9. The van der Waals surface area contributed by atoms with Crippen molar-refractivity contribution < 1.29 is 24.2 Å². The van der Waals surface area contributed by atoms with Crippen LogP contribution >= 0.6 is 0 Å². The Hall–Kier alpha value is -3.87. The maximum atomic E-state index is 12.2. The number of carbonyl (C=O) groups excluding carboxylic acids is 2. The third kappa shape index (κ3) is 5.57. The number of rotatable bonds is 7. The molecule has 1 aromatic heterocycles. The lowest BCUT2D eigenvalue weighted by atomic mass is 10.1. The van der Waals surface area contributed by atoms with Gasteiger partial charge in [0.05, 0.1) is 6.20 Å². The molecular weight excluding hydrogens is 384 g/mol. The summed E-state index contributed by atoms with van der Waals surface area (Å²) in [6.45, 7) is 3.67. The van der Waals surface area contributed by atoms with Crippen LogP contribution in [0.2, 0.25) is 0 Å². The summed E-state index contributed by atoms with van der Waals surface area (Å²) >= 11 is 0. The van der Waals surface area contributed by atoms with E-state index in [4.69, 9.17) is 9.47 Å². The molecule has 0 saturated carbocycles. The molecule has 0 saturated heterocycles. The van der Waals surface area contributed by atoms with Crippen molar-refractivity contribution in [1.82, 2.24) is 10.3 Å². The molecule has 3 aromatic rings. The fourth-order valence-electron chi connectivity index (χ4n) is 2.73. The summed E-state index contributed by atoms with van der Waals surface area (Å²) in [4.78, 5) is 28.0. The second-order valence-electron chi connectivity index (χ2n) is 6.74.